The molecule has 0 saturated heterocycles. The molecule has 0 aromatic rings. The van der Waals surface area contributed by atoms with Crippen molar-refractivity contribution in [3.05, 3.63) is 23.5 Å². The topological polar surface area (TPSA) is 46.5 Å². The van der Waals surface area contributed by atoms with Gasteiger partial charge in [-0.2, -0.15) is 0 Å². The van der Waals surface area contributed by atoms with Gasteiger partial charge < -0.3 is 9.84 Å². The Kier molecular flexibility index (Phi) is 3.33. The Morgan fingerprint density at radius 1 is 1.64 bits per heavy atom. The largest absolute Gasteiger partial charge is 0.512 e. The van der Waals surface area contributed by atoms with Gasteiger partial charge in [-0.25, -0.2) is 0 Å². The van der Waals surface area contributed by atoms with Crippen LogP contribution in [0.4, 0.5) is 0 Å². The van der Waals surface area contributed by atoms with Crippen LogP contribution < -0.4 is 0 Å². The fourth-order valence-electron chi connectivity index (χ4n) is 1.35. The molecular formula is C11H16O3. The lowest BCUT2D eigenvalue weighted by molar-refractivity contribution is -0.152. The van der Waals surface area contributed by atoms with Crippen LogP contribution in [-0.2, 0) is 9.53 Å². The van der Waals surface area contributed by atoms with E-state index in [0.717, 1.165) is 5.57 Å². The van der Waals surface area contributed by atoms with Crippen LogP contribution in [0, 0.1) is 5.92 Å². The van der Waals surface area contributed by atoms with Gasteiger partial charge in [0.25, 0.3) is 0 Å². The average molecular weight is 196 g/mol. The first-order chi connectivity index (χ1) is 6.50. The maximum Gasteiger partial charge on any atom is 0.317 e. The van der Waals surface area contributed by atoms with Crippen molar-refractivity contribution in [2.75, 3.05) is 0 Å². The molecule has 2 unspecified atom stereocenters. The maximum atomic E-state index is 11.4. The summed E-state index contributed by atoms with van der Waals surface area (Å²) in [6, 6.07) is 0. The quantitative estimate of drug-likeness (QED) is 0.544. The highest BCUT2D eigenvalue weighted by Crippen LogP contribution is 2.22. The molecule has 1 N–H and O–H groups in total. The van der Waals surface area contributed by atoms with E-state index in [4.69, 9.17) is 4.74 Å². The Bertz CT molecular complexity index is 285. The third kappa shape index (κ3) is 2.62. The van der Waals surface area contributed by atoms with E-state index >= 15 is 0 Å². The molecule has 3 heteroatoms. The molecule has 78 valence electrons. The Balaban J connectivity index is 2.73. The van der Waals surface area contributed by atoms with Gasteiger partial charge >= 0.3 is 5.97 Å². The Labute approximate surface area is 84.1 Å². The number of hydrogen-bond acceptors (Lipinski definition) is 3. The van der Waals surface area contributed by atoms with E-state index in [1.807, 2.05) is 19.9 Å². The zero-order valence-electron chi connectivity index (χ0n) is 8.78. The zero-order valence-corrected chi connectivity index (χ0v) is 8.78. The lowest BCUT2D eigenvalue weighted by atomic mass is 9.98. The minimum Gasteiger partial charge on any atom is -0.512 e. The predicted molar refractivity (Wildman–Crippen MR) is 53.8 cm³/mol. The van der Waals surface area contributed by atoms with Gasteiger partial charge in [0.2, 0.25) is 0 Å². The van der Waals surface area contributed by atoms with Crippen LogP contribution in [0.5, 0.6) is 0 Å². The van der Waals surface area contributed by atoms with E-state index in [9.17, 15) is 9.90 Å². The lowest BCUT2D eigenvalue weighted by Crippen LogP contribution is -2.28. The summed E-state index contributed by atoms with van der Waals surface area (Å²) >= 11 is 0. The number of rotatable bonds is 2. The second kappa shape index (κ2) is 4.31. The van der Waals surface area contributed by atoms with Crippen LogP contribution in [-0.4, -0.2) is 17.2 Å². The van der Waals surface area contributed by atoms with Gasteiger partial charge in [0, 0.05) is 0 Å². The molecule has 3 nitrogen and oxygen atoms in total. The number of carbonyl (C=O) groups is 1. The van der Waals surface area contributed by atoms with Crippen molar-refractivity contribution in [2.45, 2.75) is 33.3 Å². The first kappa shape index (κ1) is 10.8. The number of hydrogen-bond donors (Lipinski definition) is 1. The van der Waals surface area contributed by atoms with Crippen LogP contribution in [0.15, 0.2) is 23.5 Å². The van der Waals surface area contributed by atoms with Crippen LogP contribution in [0.25, 0.3) is 0 Å². The Morgan fingerprint density at radius 2 is 2.29 bits per heavy atom. The molecular weight excluding hydrogens is 180 g/mol. The third-order valence-corrected chi connectivity index (χ3v) is 2.11. The van der Waals surface area contributed by atoms with Crippen molar-refractivity contribution < 1.29 is 14.6 Å². The second-order valence-electron chi connectivity index (χ2n) is 3.80. The SMILES string of the molecule is CC(C)=CCC1C(=O)OC(C)C=C1O. The van der Waals surface area contributed by atoms with E-state index in [-0.39, 0.29) is 17.8 Å². The van der Waals surface area contributed by atoms with Gasteiger partial charge in [0.05, 0.1) is 0 Å². The summed E-state index contributed by atoms with van der Waals surface area (Å²) in [7, 11) is 0. The van der Waals surface area contributed by atoms with E-state index < -0.39 is 5.92 Å². The molecule has 0 fully saturated rings. The molecule has 0 aromatic heterocycles. The first-order valence-corrected chi connectivity index (χ1v) is 4.75. The monoisotopic (exact) mass is 196 g/mol. The van der Waals surface area contributed by atoms with Gasteiger partial charge in [0.15, 0.2) is 0 Å². The van der Waals surface area contributed by atoms with Gasteiger partial charge in [-0.05, 0) is 33.3 Å². The maximum absolute atomic E-state index is 11.4. The smallest absolute Gasteiger partial charge is 0.317 e. The van der Waals surface area contributed by atoms with Gasteiger partial charge in [-0.15, -0.1) is 0 Å². The molecule has 0 saturated carbocycles. The molecule has 0 aliphatic carbocycles. The highest BCUT2D eigenvalue weighted by atomic mass is 16.5. The fraction of sp³-hybridized carbons (Fsp3) is 0.545. The molecule has 1 rings (SSSR count). The van der Waals surface area contributed by atoms with Crippen molar-refractivity contribution in [1.82, 2.24) is 0 Å². The fourth-order valence-corrected chi connectivity index (χ4v) is 1.35. The van der Waals surface area contributed by atoms with Crippen LogP contribution in [0.2, 0.25) is 0 Å². The van der Waals surface area contributed by atoms with Gasteiger partial charge in [-0.3, -0.25) is 4.79 Å². The molecule has 0 amide bonds. The van der Waals surface area contributed by atoms with Crippen LogP contribution in [0.3, 0.4) is 0 Å². The molecule has 1 aliphatic heterocycles. The van der Waals surface area contributed by atoms with E-state index in [1.54, 1.807) is 13.0 Å². The molecule has 1 heterocycles. The summed E-state index contributed by atoms with van der Waals surface area (Å²) in [5.74, 6) is -0.720. The second-order valence-corrected chi connectivity index (χ2v) is 3.80. The van der Waals surface area contributed by atoms with Crippen LogP contribution in [0.1, 0.15) is 27.2 Å². The average Bonchev–Trinajstić information content (AvgIpc) is 2.01. The minimum absolute atomic E-state index is 0.131. The minimum atomic E-state index is -0.513. The highest BCUT2D eigenvalue weighted by Gasteiger charge is 2.29. The summed E-state index contributed by atoms with van der Waals surface area (Å²) in [6.45, 7) is 5.64. The van der Waals surface area contributed by atoms with Crippen molar-refractivity contribution in [1.29, 1.82) is 0 Å². The predicted octanol–water partition coefficient (Wildman–Crippen LogP) is 2.35. The Morgan fingerprint density at radius 3 is 2.79 bits per heavy atom. The van der Waals surface area contributed by atoms with E-state index in [2.05, 4.69) is 0 Å². The van der Waals surface area contributed by atoms with Crippen molar-refractivity contribution in [3.63, 3.8) is 0 Å². The summed E-state index contributed by atoms with van der Waals surface area (Å²) in [4.78, 5) is 11.4. The normalized spacial score (nSPS) is 26.5. The van der Waals surface area contributed by atoms with Gasteiger partial charge in [0.1, 0.15) is 17.8 Å². The standard InChI is InChI=1S/C11H16O3/c1-7(2)4-5-9-10(12)6-8(3)14-11(9)13/h4,6,8-9,12H,5H2,1-3H3. The number of esters is 1. The number of aliphatic hydroxyl groups is 1. The summed E-state index contributed by atoms with van der Waals surface area (Å²) < 4.78 is 5.00. The lowest BCUT2D eigenvalue weighted by Gasteiger charge is -2.22. The number of cyclic esters (lactones) is 1. The molecule has 0 spiro atoms. The first-order valence-electron chi connectivity index (χ1n) is 4.75. The van der Waals surface area contributed by atoms with Crippen molar-refractivity contribution >= 4 is 5.97 Å². The summed E-state index contributed by atoms with van der Waals surface area (Å²) in [6.07, 6.45) is 3.69. The zero-order chi connectivity index (χ0) is 10.7. The molecule has 0 aromatic carbocycles. The van der Waals surface area contributed by atoms with Crippen molar-refractivity contribution in [2.24, 2.45) is 5.92 Å². The Hall–Kier alpha value is -1.25. The molecule has 0 radical (unpaired) electrons. The molecule has 1 aliphatic rings. The number of aliphatic hydroxyl groups excluding tert-OH is 1. The van der Waals surface area contributed by atoms with Crippen molar-refractivity contribution in [3.8, 4) is 0 Å². The van der Waals surface area contributed by atoms with E-state index in [1.165, 1.54) is 0 Å². The molecule has 0 bridgehead atoms. The number of carbonyl (C=O) groups excluding carboxylic acids is 1. The number of allylic oxidation sites excluding steroid dienone is 2. The van der Waals surface area contributed by atoms with E-state index in [0.29, 0.717) is 6.42 Å². The van der Waals surface area contributed by atoms with Crippen LogP contribution >= 0.6 is 0 Å². The van der Waals surface area contributed by atoms with Gasteiger partial charge in [-0.1, -0.05) is 11.6 Å². The summed E-state index contributed by atoms with van der Waals surface area (Å²) in [5, 5.41) is 9.55. The number of ether oxygens (including phenoxy) is 1. The third-order valence-electron chi connectivity index (χ3n) is 2.11. The summed E-state index contributed by atoms with van der Waals surface area (Å²) in [5.41, 5.74) is 1.13. The molecule has 14 heavy (non-hydrogen) atoms. The molecule has 2 atom stereocenters. The highest BCUT2D eigenvalue weighted by molar-refractivity contribution is 5.76.